The summed E-state index contributed by atoms with van der Waals surface area (Å²) in [6, 6.07) is 8.03. The molecule has 0 saturated carbocycles. The zero-order valence-electron chi connectivity index (χ0n) is 13.5. The van der Waals surface area contributed by atoms with Crippen LogP contribution in [0.3, 0.4) is 0 Å². The van der Waals surface area contributed by atoms with Gasteiger partial charge < -0.3 is 4.74 Å². The molecule has 1 aromatic rings. The topological polar surface area (TPSA) is 45.1 Å². The van der Waals surface area contributed by atoms with E-state index >= 15 is 0 Å². The molecule has 2 fully saturated rings. The summed E-state index contributed by atoms with van der Waals surface area (Å²) in [4.78, 5) is 21.1. The molecule has 2 heterocycles. The first-order valence-electron chi connectivity index (χ1n) is 8.11. The third kappa shape index (κ3) is 4.34. The van der Waals surface area contributed by atoms with Gasteiger partial charge in [-0.05, 0) is 25.0 Å². The van der Waals surface area contributed by atoms with Crippen molar-refractivity contribution in [2.45, 2.75) is 13.3 Å². The minimum Gasteiger partial charge on any atom is -0.379 e. The van der Waals surface area contributed by atoms with Gasteiger partial charge in [-0.3, -0.25) is 14.6 Å². The van der Waals surface area contributed by atoms with Gasteiger partial charge in [0.25, 0.3) is 0 Å². The van der Waals surface area contributed by atoms with Crippen LogP contribution < -0.4 is 0 Å². The monoisotopic (exact) mass is 333 g/mol. The molecule has 0 bridgehead atoms. The van der Waals surface area contributed by atoms with Crippen LogP contribution in [-0.2, 0) is 9.53 Å². The number of ether oxygens (including phenoxy) is 1. The highest BCUT2D eigenvalue weighted by Gasteiger charge is 2.28. The average Bonchev–Trinajstić information content (AvgIpc) is 2.91. The standard InChI is InChI=1S/C17H23N3O2S/c1-14-5-2-3-6-15(14)18-17-20(16(21)13-23-17)8-4-7-19-9-11-22-12-10-19/h2-3,5-6H,4,7-13H2,1H3. The van der Waals surface area contributed by atoms with Crippen molar-refractivity contribution >= 4 is 28.5 Å². The second kappa shape index (κ2) is 7.95. The van der Waals surface area contributed by atoms with Crippen molar-refractivity contribution < 1.29 is 9.53 Å². The number of hydrogen-bond donors (Lipinski definition) is 0. The van der Waals surface area contributed by atoms with Gasteiger partial charge in [-0.2, -0.15) is 0 Å². The molecule has 2 aliphatic heterocycles. The lowest BCUT2D eigenvalue weighted by molar-refractivity contribution is -0.124. The molecule has 0 N–H and O–H groups in total. The summed E-state index contributed by atoms with van der Waals surface area (Å²) in [7, 11) is 0. The van der Waals surface area contributed by atoms with Crippen LogP contribution in [0, 0.1) is 6.92 Å². The normalized spacial score (nSPS) is 21.3. The van der Waals surface area contributed by atoms with Crippen molar-refractivity contribution in [2.24, 2.45) is 4.99 Å². The number of amidine groups is 1. The van der Waals surface area contributed by atoms with Crippen molar-refractivity contribution in [1.29, 1.82) is 0 Å². The first-order chi connectivity index (χ1) is 11.2. The summed E-state index contributed by atoms with van der Waals surface area (Å²) in [5.41, 5.74) is 2.08. The molecule has 0 unspecified atom stereocenters. The molecule has 2 aliphatic rings. The Morgan fingerprint density at radius 1 is 1.22 bits per heavy atom. The zero-order valence-corrected chi connectivity index (χ0v) is 14.3. The van der Waals surface area contributed by atoms with Gasteiger partial charge in [0, 0.05) is 26.2 Å². The van der Waals surface area contributed by atoms with E-state index in [9.17, 15) is 4.79 Å². The summed E-state index contributed by atoms with van der Waals surface area (Å²) in [6.07, 6.45) is 0.971. The van der Waals surface area contributed by atoms with Crippen LogP contribution in [-0.4, -0.2) is 66.0 Å². The highest BCUT2D eigenvalue weighted by Crippen LogP contribution is 2.25. The number of thioether (sulfide) groups is 1. The maximum Gasteiger partial charge on any atom is 0.239 e. The first kappa shape index (κ1) is 16.5. The van der Waals surface area contributed by atoms with Crippen LogP contribution in [0.5, 0.6) is 0 Å². The lowest BCUT2D eigenvalue weighted by atomic mass is 10.2. The number of rotatable bonds is 5. The van der Waals surface area contributed by atoms with Crippen molar-refractivity contribution in [3.63, 3.8) is 0 Å². The number of amides is 1. The molecule has 0 spiro atoms. The molecule has 0 aliphatic carbocycles. The van der Waals surface area contributed by atoms with E-state index in [1.54, 1.807) is 11.8 Å². The van der Waals surface area contributed by atoms with Crippen molar-refractivity contribution in [1.82, 2.24) is 9.80 Å². The van der Waals surface area contributed by atoms with Gasteiger partial charge >= 0.3 is 0 Å². The minimum atomic E-state index is 0.171. The third-order valence-corrected chi connectivity index (χ3v) is 5.11. The number of nitrogens with zero attached hydrogens (tertiary/aromatic N) is 3. The van der Waals surface area contributed by atoms with Crippen molar-refractivity contribution in [3.05, 3.63) is 29.8 Å². The maximum absolute atomic E-state index is 12.1. The number of para-hydroxylation sites is 1. The largest absolute Gasteiger partial charge is 0.379 e. The number of carbonyl (C=O) groups is 1. The Hall–Kier alpha value is -1.37. The molecule has 23 heavy (non-hydrogen) atoms. The van der Waals surface area contributed by atoms with Gasteiger partial charge in [-0.15, -0.1) is 0 Å². The predicted molar refractivity (Wildman–Crippen MR) is 94.3 cm³/mol. The van der Waals surface area contributed by atoms with Gasteiger partial charge in [0.2, 0.25) is 5.91 Å². The first-order valence-corrected chi connectivity index (χ1v) is 9.10. The number of hydrogen-bond acceptors (Lipinski definition) is 5. The lowest BCUT2D eigenvalue weighted by Crippen LogP contribution is -2.39. The van der Waals surface area contributed by atoms with E-state index in [1.165, 1.54) is 0 Å². The minimum absolute atomic E-state index is 0.171. The Morgan fingerprint density at radius 3 is 2.78 bits per heavy atom. The fraction of sp³-hybridized carbons (Fsp3) is 0.529. The number of carbonyl (C=O) groups excluding carboxylic acids is 1. The van der Waals surface area contributed by atoms with E-state index in [0.29, 0.717) is 5.75 Å². The molecule has 0 atom stereocenters. The number of aliphatic imine (C=N–C) groups is 1. The fourth-order valence-electron chi connectivity index (χ4n) is 2.77. The van der Waals surface area contributed by atoms with Crippen molar-refractivity contribution in [3.8, 4) is 0 Å². The highest BCUT2D eigenvalue weighted by molar-refractivity contribution is 8.15. The van der Waals surface area contributed by atoms with Gasteiger partial charge in [-0.25, -0.2) is 4.99 Å². The Balaban J connectivity index is 1.60. The van der Waals surface area contributed by atoms with Crippen LogP contribution >= 0.6 is 11.8 Å². The summed E-state index contributed by atoms with van der Waals surface area (Å²) in [5, 5.41) is 0.839. The van der Waals surface area contributed by atoms with E-state index in [2.05, 4.69) is 4.90 Å². The number of benzene rings is 1. The van der Waals surface area contributed by atoms with Gasteiger partial charge in [0.05, 0.1) is 24.7 Å². The number of morpholine rings is 1. The molecule has 124 valence electrons. The van der Waals surface area contributed by atoms with E-state index < -0.39 is 0 Å². The summed E-state index contributed by atoms with van der Waals surface area (Å²) in [5.74, 6) is 0.673. The predicted octanol–water partition coefficient (Wildman–Crippen LogP) is 2.28. The van der Waals surface area contributed by atoms with E-state index in [1.807, 2.05) is 36.1 Å². The van der Waals surface area contributed by atoms with Crippen LogP contribution in [0.2, 0.25) is 0 Å². The van der Waals surface area contributed by atoms with Crippen LogP contribution in [0.15, 0.2) is 29.3 Å². The SMILES string of the molecule is Cc1ccccc1N=C1SCC(=O)N1CCCN1CCOCC1. The molecular formula is C17H23N3O2S. The van der Waals surface area contributed by atoms with Gasteiger partial charge in [-0.1, -0.05) is 30.0 Å². The quantitative estimate of drug-likeness (QED) is 0.829. The second-order valence-corrected chi connectivity index (χ2v) is 6.76. The molecule has 1 aromatic carbocycles. The Morgan fingerprint density at radius 2 is 2.00 bits per heavy atom. The van der Waals surface area contributed by atoms with E-state index in [-0.39, 0.29) is 5.91 Å². The van der Waals surface area contributed by atoms with Crippen molar-refractivity contribution in [2.75, 3.05) is 45.1 Å². The second-order valence-electron chi connectivity index (χ2n) is 5.82. The molecule has 2 saturated heterocycles. The van der Waals surface area contributed by atoms with Crippen LogP contribution in [0.1, 0.15) is 12.0 Å². The molecule has 0 aromatic heterocycles. The Kier molecular flexibility index (Phi) is 5.70. The summed E-state index contributed by atoms with van der Waals surface area (Å²) in [6.45, 7) is 7.42. The maximum atomic E-state index is 12.1. The average molecular weight is 333 g/mol. The van der Waals surface area contributed by atoms with E-state index in [0.717, 1.165) is 62.2 Å². The Bertz CT molecular complexity index is 585. The van der Waals surface area contributed by atoms with Gasteiger partial charge in [0.1, 0.15) is 0 Å². The fourth-order valence-corrected chi connectivity index (χ4v) is 3.69. The molecular weight excluding hydrogens is 310 g/mol. The molecule has 1 amide bonds. The summed E-state index contributed by atoms with van der Waals surface area (Å²) < 4.78 is 5.36. The molecule has 5 nitrogen and oxygen atoms in total. The van der Waals surface area contributed by atoms with Crippen LogP contribution in [0.4, 0.5) is 5.69 Å². The summed E-state index contributed by atoms with van der Waals surface area (Å²) >= 11 is 1.54. The lowest BCUT2D eigenvalue weighted by Gasteiger charge is -2.27. The molecule has 3 rings (SSSR count). The smallest absolute Gasteiger partial charge is 0.239 e. The molecule has 6 heteroatoms. The highest BCUT2D eigenvalue weighted by atomic mass is 32.2. The van der Waals surface area contributed by atoms with Crippen LogP contribution in [0.25, 0.3) is 0 Å². The Labute approximate surface area is 141 Å². The third-order valence-electron chi connectivity index (χ3n) is 4.15. The number of aryl methyl sites for hydroxylation is 1. The van der Waals surface area contributed by atoms with Gasteiger partial charge in [0.15, 0.2) is 5.17 Å². The van der Waals surface area contributed by atoms with E-state index in [4.69, 9.17) is 9.73 Å². The zero-order chi connectivity index (χ0) is 16.1. The molecule has 0 radical (unpaired) electrons.